The molecule has 1 heterocycles. The maximum Gasteiger partial charge on any atom is 0.0656 e. The monoisotopic (exact) mass is 229 g/mol. The van der Waals surface area contributed by atoms with Gasteiger partial charge in [0.05, 0.1) is 12.1 Å². The Morgan fingerprint density at radius 3 is 2.44 bits per heavy atom. The van der Waals surface area contributed by atoms with Gasteiger partial charge in [0.15, 0.2) is 0 Å². The predicted octanol–water partition coefficient (Wildman–Crippen LogP) is 0.376. The highest BCUT2D eigenvalue weighted by Crippen LogP contribution is 2.25. The molecule has 16 heavy (non-hydrogen) atoms. The lowest BCUT2D eigenvalue weighted by Crippen LogP contribution is -2.66. The van der Waals surface area contributed by atoms with Crippen LogP contribution in [0.1, 0.15) is 20.8 Å². The molecule has 1 unspecified atom stereocenters. The minimum atomic E-state index is -0.0344. The fraction of sp³-hybridized carbons (Fsp3) is 1.00. The summed E-state index contributed by atoms with van der Waals surface area (Å²) in [6, 6.07) is 0. The number of methoxy groups -OCH3 is 1. The number of hydrogen-bond acceptors (Lipinski definition) is 4. The number of piperazine rings is 1. The van der Waals surface area contributed by atoms with Crippen molar-refractivity contribution in [2.24, 2.45) is 5.73 Å². The Balaban J connectivity index is 2.73. The molecule has 0 aromatic carbocycles. The topological polar surface area (TPSA) is 41.7 Å². The van der Waals surface area contributed by atoms with Crippen molar-refractivity contribution in [3.8, 4) is 0 Å². The average Bonchev–Trinajstić information content (AvgIpc) is 2.22. The van der Waals surface area contributed by atoms with Crippen LogP contribution in [0, 0.1) is 0 Å². The number of rotatable bonds is 4. The Labute approximate surface area is 99.7 Å². The normalized spacial score (nSPS) is 26.6. The molecular weight excluding hydrogens is 202 g/mol. The van der Waals surface area contributed by atoms with Gasteiger partial charge in [-0.15, -0.1) is 0 Å². The van der Waals surface area contributed by atoms with Crippen molar-refractivity contribution in [2.75, 3.05) is 46.9 Å². The van der Waals surface area contributed by atoms with Gasteiger partial charge in [0.1, 0.15) is 0 Å². The van der Waals surface area contributed by atoms with Crippen LogP contribution in [0.5, 0.6) is 0 Å². The van der Waals surface area contributed by atoms with Crippen LogP contribution in [0.3, 0.4) is 0 Å². The van der Waals surface area contributed by atoms with E-state index in [2.05, 4.69) is 37.6 Å². The van der Waals surface area contributed by atoms with Gasteiger partial charge in [-0.25, -0.2) is 0 Å². The highest BCUT2D eigenvalue weighted by molar-refractivity contribution is 4.96. The van der Waals surface area contributed by atoms with Gasteiger partial charge in [0, 0.05) is 38.8 Å². The number of hydrogen-bond donors (Lipinski definition) is 1. The SMILES string of the molecule is COCC(C)(CN)N1CCN(C)C(C)(C)C1. The smallest absolute Gasteiger partial charge is 0.0656 e. The first-order chi connectivity index (χ1) is 7.35. The number of nitrogens with two attached hydrogens (primary N) is 1. The lowest BCUT2D eigenvalue weighted by Gasteiger charge is -2.51. The zero-order chi connectivity index (χ0) is 12.4. The number of nitrogens with zero attached hydrogens (tertiary/aromatic N) is 2. The fourth-order valence-electron chi connectivity index (χ4n) is 2.29. The second-order valence-electron chi connectivity index (χ2n) is 5.79. The Hall–Kier alpha value is -0.160. The van der Waals surface area contributed by atoms with Crippen LogP contribution in [0.15, 0.2) is 0 Å². The van der Waals surface area contributed by atoms with Crippen LogP contribution in [0.2, 0.25) is 0 Å². The molecule has 1 aliphatic heterocycles. The van der Waals surface area contributed by atoms with Crippen molar-refractivity contribution in [3.63, 3.8) is 0 Å². The third kappa shape index (κ3) is 2.74. The summed E-state index contributed by atoms with van der Waals surface area (Å²) in [6.07, 6.45) is 0. The summed E-state index contributed by atoms with van der Waals surface area (Å²) in [4.78, 5) is 4.88. The molecule has 0 aliphatic carbocycles. The minimum Gasteiger partial charge on any atom is -0.383 e. The second kappa shape index (κ2) is 5.00. The summed E-state index contributed by atoms with van der Waals surface area (Å²) in [5.41, 5.74) is 6.09. The standard InChI is InChI=1S/C12H27N3O/c1-11(2)9-15(7-6-14(11)4)12(3,8-13)10-16-5/h6-10,13H2,1-5H3. The van der Waals surface area contributed by atoms with E-state index < -0.39 is 0 Å². The van der Waals surface area contributed by atoms with E-state index in [9.17, 15) is 0 Å². The Morgan fingerprint density at radius 1 is 1.38 bits per heavy atom. The molecule has 0 radical (unpaired) electrons. The molecule has 96 valence electrons. The highest BCUT2D eigenvalue weighted by Gasteiger charge is 2.39. The Morgan fingerprint density at radius 2 is 2.00 bits per heavy atom. The van der Waals surface area contributed by atoms with Crippen molar-refractivity contribution in [1.29, 1.82) is 0 Å². The van der Waals surface area contributed by atoms with E-state index in [0.717, 1.165) is 19.6 Å². The first kappa shape index (κ1) is 13.9. The average molecular weight is 229 g/mol. The van der Waals surface area contributed by atoms with Crippen molar-refractivity contribution in [1.82, 2.24) is 9.80 Å². The van der Waals surface area contributed by atoms with Crippen LogP contribution in [-0.4, -0.2) is 67.8 Å². The van der Waals surface area contributed by atoms with Crippen molar-refractivity contribution < 1.29 is 4.74 Å². The van der Waals surface area contributed by atoms with E-state index in [1.165, 1.54) is 0 Å². The van der Waals surface area contributed by atoms with E-state index in [0.29, 0.717) is 13.2 Å². The van der Waals surface area contributed by atoms with Crippen molar-refractivity contribution in [2.45, 2.75) is 31.8 Å². The van der Waals surface area contributed by atoms with Crippen LogP contribution in [-0.2, 0) is 4.74 Å². The van der Waals surface area contributed by atoms with Gasteiger partial charge in [0.25, 0.3) is 0 Å². The Kier molecular flexibility index (Phi) is 4.35. The van der Waals surface area contributed by atoms with Crippen molar-refractivity contribution in [3.05, 3.63) is 0 Å². The molecule has 1 aliphatic rings. The molecule has 1 atom stereocenters. The van der Waals surface area contributed by atoms with E-state index in [-0.39, 0.29) is 11.1 Å². The lowest BCUT2D eigenvalue weighted by molar-refractivity contribution is -0.0431. The maximum atomic E-state index is 5.91. The van der Waals surface area contributed by atoms with Crippen LogP contribution in [0.25, 0.3) is 0 Å². The number of ether oxygens (including phenoxy) is 1. The summed E-state index contributed by atoms with van der Waals surface area (Å²) >= 11 is 0. The molecule has 1 fully saturated rings. The van der Waals surface area contributed by atoms with Gasteiger partial charge < -0.3 is 10.5 Å². The quantitative estimate of drug-likeness (QED) is 0.756. The molecule has 0 amide bonds. The minimum absolute atomic E-state index is 0.0344. The van der Waals surface area contributed by atoms with E-state index >= 15 is 0 Å². The molecule has 0 aromatic rings. The second-order valence-corrected chi connectivity index (χ2v) is 5.79. The Bertz CT molecular complexity index is 232. The van der Waals surface area contributed by atoms with Gasteiger partial charge in [-0.3, -0.25) is 9.80 Å². The third-order valence-corrected chi connectivity index (χ3v) is 3.97. The number of likely N-dealkylation sites (N-methyl/N-ethyl adjacent to an activating group) is 1. The molecule has 0 aromatic heterocycles. The summed E-state index contributed by atoms with van der Waals surface area (Å²) in [5, 5.41) is 0. The summed E-state index contributed by atoms with van der Waals surface area (Å²) in [7, 11) is 3.93. The summed E-state index contributed by atoms with van der Waals surface area (Å²) in [5.74, 6) is 0. The predicted molar refractivity (Wildman–Crippen MR) is 67.6 cm³/mol. The van der Waals surface area contributed by atoms with Gasteiger partial charge >= 0.3 is 0 Å². The first-order valence-corrected chi connectivity index (χ1v) is 6.01. The van der Waals surface area contributed by atoms with Crippen LogP contribution >= 0.6 is 0 Å². The summed E-state index contributed by atoms with van der Waals surface area (Å²) in [6.45, 7) is 11.3. The van der Waals surface area contributed by atoms with E-state index in [4.69, 9.17) is 10.5 Å². The van der Waals surface area contributed by atoms with Gasteiger partial charge in [-0.1, -0.05) is 0 Å². The van der Waals surface area contributed by atoms with Crippen LogP contribution < -0.4 is 5.73 Å². The first-order valence-electron chi connectivity index (χ1n) is 6.01. The van der Waals surface area contributed by atoms with E-state index in [1.807, 2.05) is 0 Å². The molecule has 0 spiro atoms. The summed E-state index contributed by atoms with van der Waals surface area (Å²) < 4.78 is 5.31. The zero-order valence-corrected chi connectivity index (χ0v) is 11.4. The molecule has 0 saturated carbocycles. The molecule has 4 nitrogen and oxygen atoms in total. The van der Waals surface area contributed by atoms with Gasteiger partial charge in [-0.05, 0) is 27.8 Å². The van der Waals surface area contributed by atoms with Crippen molar-refractivity contribution >= 4 is 0 Å². The molecule has 0 bridgehead atoms. The molecule has 1 rings (SSSR count). The van der Waals surface area contributed by atoms with Gasteiger partial charge in [-0.2, -0.15) is 0 Å². The van der Waals surface area contributed by atoms with Crippen LogP contribution in [0.4, 0.5) is 0 Å². The van der Waals surface area contributed by atoms with Gasteiger partial charge in [0.2, 0.25) is 0 Å². The molecule has 4 heteroatoms. The molecule has 2 N–H and O–H groups in total. The zero-order valence-electron chi connectivity index (χ0n) is 11.4. The largest absolute Gasteiger partial charge is 0.383 e. The maximum absolute atomic E-state index is 5.91. The molecular formula is C12H27N3O. The van der Waals surface area contributed by atoms with E-state index in [1.54, 1.807) is 7.11 Å². The fourth-order valence-corrected chi connectivity index (χ4v) is 2.29. The third-order valence-electron chi connectivity index (χ3n) is 3.97. The lowest BCUT2D eigenvalue weighted by atomic mass is 9.93. The molecule has 1 saturated heterocycles. The highest BCUT2D eigenvalue weighted by atomic mass is 16.5.